The Morgan fingerprint density at radius 2 is 2.10 bits per heavy atom. The van der Waals surface area contributed by atoms with Crippen LogP contribution in [0, 0.1) is 0 Å². The van der Waals surface area contributed by atoms with Crippen LogP contribution in [0.4, 0.5) is 0 Å². The Balaban J connectivity index is 1.63. The highest BCUT2D eigenvalue weighted by molar-refractivity contribution is 5.96. The van der Waals surface area contributed by atoms with Crippen LogP contribution in [0.1, 0.15) is 29.2 Å². The van der Waals surface area contributed by atoms with Gasteiger partial charge < -0.3 is 16.3 Å². The number of hydrogen-bond donors (Lipinski definition) is 3. The molecule has 1 fully saturated rings. The highest BCUT2D eigenvalue weighted by Crippen LogP contribution is 2.40. The topological polar surface area (TPSA) is 83.5 Å². The van der Waals surface area contributed by atoms with Gasteiger partial charge in [-0.25, -0.2) is 0 Å². The first-order chi connectivity index (χ1) is 10.3. The van der Waals surface area contributed by atoms with Crippen LogP contribution in [0.2, 0.25) is 0 Å². The average molecular weight is 282 g/mol. The minimum atomic E-state index is 0.0443. The van der Waals surface area contributed by atoms with E-state index in [4.69, 9.17) is 10.9 Å². The zero-order valence-corrected chi connectivity index (χ0v) is 11.6. The number of nitrogens with zero attached hydrogens (tertiary/aromatic N) is 2. The average Bonchev–Trinajstić information content (AvgIpc) is 3.33. The Morgan fingerprint density at radius 3 is 2.86 bits per heavy atom. The third kappa shape index (κ3) is 3.03. The highest BCUT2D eigenvalue weighted by atomic mass is 16.4. The van der Waals surface area contributed by atoms with E-state index >= 15 is 0 Å². The normalized spacial score (nSPS) is 21.2. The molecule has 2 atom stereocenters. The lowest BCUT2D eigenvalue weighted by Crippen LogP contribution is -2.23. The fourth-order valence-corrected chi connectivity index (χ4v) is 2.59. The molecule has 3 rings (SSSR count). The van der Waals surface area contributed by atoms with Crippen molar-refractivity contribution in [3.8, 4) is 0 Å². The predicted octanol–water partition coefficient (Wildman–Crippen LogP) is 1.82. The first-order valence-electron chi connectivity index (χ1n) is 6.99. The molecule has 1 aromatic carbocycles. The molecule has 0 amide bonds. The van der Waals surface area contributed by atoms with Gasteiger partial charge in [0.05, 0.1) is 0 Å². The molecule has 5 heteroatoms. The van der Waals surface area contributed by atoms with Crippen molar-refractivity contribution in [3.63, 3.8) is 0 Å². The van der Waals surface area contributed by atoms with Crippen molar-refractivity contribution in [3.05, 3.63) is 65.5 Å². The highest BCUT2D eigenvalue weighted by Gasteiger charge is 2.37. The third-order valence-corrected chi connectivity index (χ3v) is 3.81. The summed E-state index contributed by atoms with van der Waals surface area (Å²) in [5.41, 5.74) is 8.49. The summed E-state index contributed by atoms with van der Waals surface area (Å²) in [4.78, 5) is 4.17. The first kappa shape index (κ1) is 13.6. The van der Waals surface area contributed by atoms with E-state index in [2.05, 4.69) is 39.7 Å². The van der Waals surface area contributed by atoms with E-state index < -0.39 is 0 Å². The Morgan fingerprint density at radius 1 is 1.29 bits per heavy atom. The third-order valence-electron chi connectivity index (χ3n) is 3.81. The lowest BCUT2D eigenvalue weighted by Gasteiger charge is -2.08. The minimum absolute atomic E-state index is 0.0443. The molecule has 4 N–H and O–H groups in total. The van der Waals surface area contributed by atoms with Gasteiger partial charge in [0.1, 0.15) is 5.69 Å². The van der Waals surface area contributed by atoms with Gasteiger partial charge in [-0.2, -0.15) is 0 Å². The molecule has 2 unspecified atom stereocenters. The monoisotopic (exact) mass is 282 g/mol. The zero-order chi connectivity index (χ0) is 14.7. The van der Waals surface area contributed by atoms with Gasteiger partial charge >= 0.3 is 0 Å². The summed E-state index contributed by atoms with van der Waals surface area (Å²) >= 11 is 0. The Hall–Kier alpha value is -2.40. The molecule has 1 heterocycles. The van der Waals surface area contributed by atoms with Gasteiger partial charge in [0.15, 0.2) is 5.84 Å². The number of benzene rings is 1. The molecule has 0 bridgehead atoms. The molecule has 1 aliphatic rings. The molecule has 1 aromatic heterocycles. The lowest BCUT2D eigenvalue weighted by molar-refractivity contribution is 0.318. The molecule has 0 aliphatic heterocycles. The number of nitrogens with two attached hydrogens (primary N) is 1. The number of nitrogens with one attached hydrogen (secondary N) is 1. The zero-order valence-electron chi connectivity index (χ0n) is 11.6. The van der Waals surface area contributed by atoms with Gasteiger partial charge in [-0.05, 0) is 23.6 Å². The molecule has 108 valence electrons. The van der Waals surface area contributed by atoms with Crippen LogP contribution in [0.3, 0.4) is 0 Å². The number of pyridine rings is 1. The van der Waals surface area contributed by atoms with Crippen LogP contribution in [0.5, 0.6) is 0 Å². The summed E-state index contributed by atoms with van der Waals surface area (Å²) in [6.45, 7) is 0.660. The van der Waals surface area contributed by atoms with Crippen molar-refractivity contribution in [1.82, 2.24) is 10.3 Å². The van der Waals surface area contributed by atoms with Crippen LogP contribution >= 0.6 is 0 Å². The predicted molar refractivity (Wildman–Crippen MR) is 81.2 cm³/mol. The molecule has 1 saturated carbocycles. The maximum Gasteiger partial charge on any atom is 0.189 e. The first-order valence-corrected chi connectivity index (χ1v) is 6.99. The van der Waals surface area contributed by atoms with Crippen molar-refractivity contribution in [2.75, 3.05) is 0 Å². The summed E-state index contributed by atoms with van der Waals surface area (Å²) in [6, 6.07) is 14.8. The van der Waals surface area contributed by atoms with Gasteiger partial charge in [0, 0.05) is 24.7 Å². The van der Waals surface area contributed by atoms with Crippen molar-refractivity contribution in [2.24, 2.45) is 10.9 Å². The Labute approximate surface area is 123 Å². The Bertz CT molecular complexity index is 642. The second-order valence-electron chi connectivity index (χ2n) is 5.24. The summed E-state index contributed by atoms with van der Waals surface area (Å²) in [5.74, 6) is 0.623. The van der Waals surface area contributed by atoms with Crippen LogP contribution in [-0.2, 0) is 6.54 Å². The van der Waals surface area contributed by atoms with Crippen molar-refractivity contribution in [2.45, 2.75) is 24.9 Å². The summed E-state index contributed by atoms with van der Waals surface area (Å²) in [5, 5.41) is 15.3. The minimum Gasteiger partial charge on any atom is -0.409 e. The largest absolute Gasteiger partial charge is 0.409 e. The fraction of sp³-hybridized carbons (Fsp3) is 0.250. The van der Waals surface area contributed by atoms with Gasteiger partial charge in [0.2, 0.25) is 0 Å². The molecule has 0 spiro atoms. The second-order valence-corrected chi connectivity index (χ2v) is 5.24. The van der Waals surface area contributed by atoms with E-state index in [0.717, 1.165) is 12.0 Å². The lowest BCUT2D eigenvalue weighted by atomic mass is 10.1. The summed E-state index contributed by atoms with van der Waals surface area (Å²) in [7, 11) is 0. The van der Waals surface area contributed by atoms with Crippen LogP contribution in [-0.4, -0.2) is 22.1 Å². The van der Waals surface area contributed by atoms with Crippen LogP contribution in [0.25, 0.3) is 0 Å². The van der Waals surface area contributed by atoms with E-state index in [1.54, 1.807) is 6.20 Å². The van der Waals surface area contributed by atoms with E-state index in [1.165, 1.54) is 5.56 Å². The molecular formula is C16H18N4O. The summed E-state index contributed by atoms with van der Waals surface area (Å²) in [6.07, 6.45) is 2.78. The van der Waals surface area contributed by atoms with Crippen LogP contribution in [0.15, 0.2) is 53.8 Å². The molecule has 21 heavy (non-hydrogen) atoms. The molecule has 2 aromatic rings. The fourth-order valence-electron chi connectivity index (χ4n) is 2.59. The van der Waals surface area contributed by atoms with Crippen molar-refractivity contribution < 1.29 is 5.21 Å². The Kier molecular flexibility index (Phi) is 3.83. The van der Waals surface area contributed by atoms with E-state index in [1.807, 2.05) is 18.2 Å². The molecule has 5 nitrogen and oxygen atoms in total. The number of rotatable bonds is 5. The maximum atomic E-state index is 8.80. The second kappa shape index (κ2) is 5.93. The number of amidine groups is 1. The SMILES string of the molecule is NC(=NO)c1ncccc1CNC1CC1c1ccccc1. The number of aromatic nitrogens is 1. The van der Waals surface area contributed by atoms with Gasteiger partial charge in [0.25, 0.3) is 0 Å². The van der Waals surface area contributed by atoms with Crippen molar-refractivity contribution >= 4 is 5.84 Å². The van der Waals surface area contributed by atoms with E-state index in [0.29, 0.717) is 24.2 Å². The smallest absolute Gasteiger partial charge is 0.189 e. The number of hydrogen-bond acceptors (Lipinski definition) is 4. The maximum absolute atomic E-state index is 8.80. The van der Waals surface area contributed by atoms with E-state index in [-0.39, 0.29) is 5.84 Å². The molecule has 0 radical (unpaired) electrons. The molecule has 1 aliphatic carbocycles. The van der Waals surface area contributed by atoms with Crippen molar-refractivity contribution in [1.29, 1.82) is 0 Å². The van der Waals surface area contributed by atoms with E-state index in [9.17, 15) is 0 Å². The van der Waals surface area contributed by atoms with Gasteiger partial charge in [-0.15, -0.1) is 0 Å². The van der Waals surface area contributed by atoms with Gasteiger partial charge in [-0.3, -0.25) is 4.98 Å². The van der Waals surface area contributed by atoms with Crippen LogP contribution < -0.4 is 11.1 Å². The molecular weight excluding hydrogens is 264 g/mol. The standard InChI is InChI=1S/C16H18N4O/c17-16(20-21)15-12(7-4-8-18-15)10-19-14-9-13(14)11-5-2-1-3-6-11/h1-8,13-14,19,21H,9-10H2,(H2,17,20). The van der Waals surface area contributed by atoms with Gasteiger partial charge in [-0.1, -0.05) is 41.6 Å². The number of oxime groups is 1. The molecule has 0 saturated heterocycles. The quantitative estimate of drug-likeness (QED) is 0.338. The summed E-state index contributed by atoms with van der Waals surface area (Å²) < 4.78 is 0.